The lowest BCUT2D eigenvalue weighted by Crippen LogP contribution is -2.10. The van der Waals surface area contributed by atoms with Gasteiger partial charge in [0.05, 0.1) is 0 Å². The number of hydrogen-bond acceptors (Lipinski definition) is 1. The first-order valence-electron chi connectivity index (χ1n) is 12.8. The van der Waals surface area contributed by atoms with Crippen LogP contribution in [0, 0.1) is 0 Å². The van der Waals surface area contributed by atoms with Gasteiger partial charge in [0.1, 0.15) is 0 Å². The van der Waals surface area contributed by atoms with Crippen LogP contribution in [-0.2, 0) is 0 Å². The second kappa shape index (κ2) is 13.8. The highest BCUT2D eigenvalue weighted by Crippen LogP contribution is 2.36. The SMILES string of the molecule is CCCCCCCC(CCCCC)c1ccc(N(c2ccccc2)c2ccccc2)cc1. The van der Waals surface area contributed by atoms with E-state index in [1.165, 1.54) is 86.8 Å². The van der Waals surface area contributed by atoms with E-state index < -0.39 is 0 Å². The second-order valence-corrected chi connectivity index (χ2v) is 8.99. The van der Waals surface area contributed by atoms with Crippen LogP contribution < -0.4 is 4.90 Å². The minimum atomic E-state index is 0.694. The van der Waals surface area contributed by atoms with Crippen LogP contribution >= 0.6 is 0 Å². The Bertz CT molecular complexity index is 814. The van der Waals surface area contributed by atoms with Gasteiger partial charge in [-0.2, -0.15) is 0 Å². The number of anilines is 3. The molecule has 0 saturated heterocycles. The van der Waals surface area contributed by atoms with E-state index in [4.69, 9.17) is 0 Å². The van der Waals surface area contributed by atoms with Gasteiger partial charge >= 0.3 is 0 Å². The summed E-state index contributed by atoms with van der Waals surface area (Å²) in [7, 11) is 0. The van der Waals surface area contributed by atoms with Gasteiger partial charge in [-0.05, 0) is 60.7 Å². The van der Waals surface area contributed by atoms with Crippen LogP contribution in [0.2, 0.25) is 0 Å². The van der Waals surface area contributed by atoms with Crippen LogP contribution in [0.25, 0.3) is 0 Å². The van der Waals surface area contributed by atoms with Crippen molar-refractivity contribution in [1.82, 2.24) is 0 Å². The molecule has 0 spiro atoms. The fourth-order valence-corrected chi connectivity index (χ4v) is 4.61. The maximum Gasteiger partial charge on any atom is 0.0461 e. The first-order chi connectivity index (χ1) is 15.8. The smallest absolute Gasteiger partial charge is 0.0461 e. The third-order valence-corrected chi connectivity index (χ3v) is 6.46. The molecular weight excluding hydrogens is 386 g/mol. The summed E-state index contributed by atoms with van der Waals surface area (Å²) >= 11 is 0. The Balaban J connectivity index is 1.78. The molecule has 3 aromatic rings. The zero-order valence-electron chi connectivity index (χ0n) is 20.2. The van der Waals surface area contributed by atoms with Crippen molar-refractivity contribution in [1.29, 1.82) is 0 Å². The lowest BCUT2D eigenvalue weighted by Gasteiger charge is -2.26. The highest BCUT2D eigenvalue weighted by molar-refractivity contribution is 5.76. The number of rotatable bonds is 14. The van der Waals surface area contributed by atoms with E-state index >= 15 is 0 Å². The molecule has 3 rings (SSSR count). The topological polar surface area (TPSA) is 3.24 Å². The molecule has 0 amide bonds. The molecule has 0 bridgehead atoms. The molecule has 0 fully saturated rings. The van der Waals surface area contributed by atoms with Crippen LogP contribution in [0.5, 0.6) is 0 Å². The lowest BCUT2D eigenvalue weighted by atomic mass is 9.88. The van der Waals surface area contributed by atoms with Gasteiger partial charge in [-0.3, -0.25) is 0 Å². The summed E-state index contributed by atoms with van der Waals surface area (Å²) < 4.78 is 0. The summed E-state index contributed by atoms with van der Waals surface area (Å²) in [4.78, 5) is 2.35. The van der Waals surface area contributed by atoms with Gasteiger partial charge < -0.3 is 4.90 Å². The predicted octanol–water partition coefficient (Wildman–Crippen LogP) is 10.2. The molecule has 1 nitrogen and oxygen atoms in total. The van der Waals surface area contributed by atoms with E-state index in [1.807, 2.05) is 0 Å². The molecule has 0 aliphatic heterocycles. The van der Waals surface area contributed by atoms with Gasteiger partial charge in [0.15, 0.2) is 0 Å². The molecule has 0 aliphatic rings. The van der Waals surface area contributed by atoms with Gasteiger partial charge in [-0.1, -0.05) is 114 Å². The normalized spacial score (nSPS) is 11.9. The first kappa shape index (κ1) is 24.1. The van der Waals surface area contributed by atoms with Crippen molar-refractivity contribution in [2.24, 2.45) is 0 Å². The molecule has 1 atom stereocenters. The van der Waals surface area contributed by atoms with Crippen LogP contribution in [0.1, 0.15) is 89.5 Å². The molecule has 0 aliphatic carbocycles. The lowest BCUT2D eigenvalue weighted by molar-refractivity contribution is 0.498. The van der Waals surface area contributed by atoms with E-state index in [-0.39, 0.29) is 0 Å². The third-order valence-electron chi connectivity index (χ3n) is 6.46. The van der Waals surface area contributed by atoms with E-state index in [0.29, 0.717) is 5.92 Å². The van der Waals surface area contributed by atoms with E-state index in [9.17, 15) is 0 Å². The van der Waals surface area contributed by atoms with Crippen molar-refractivity contribution in [3.63, 3.8) is 0 Å². The van der Waals surface area contributed by atoms with Crippen LogP contribution in [0.15, 0.2) is 84.9 Å². The Morgan fingerprint density at radius 3 is 1.47 bits per heavy atom. The zero-order chi connectivity index (χ0) is 22.4. The summed E-state index contributed by atoms with van der Waals surface area (Å²) in [5.74, 6) is 0.694. The molecule has 32 heavy (non-hydrogen) atoms. The highest BCUT2D eigenvalue weighted by atomic mass is 15.1. The Morgan fingerprint density at radius 1 is 0.500 bits per heavy atom. The number of unbranched alkanes of at least 4 members (excludes halogenated alkanes) is 6. The summed E-state index contributed by atoms with van der Waals surface area (Å²) in [6, 6.07) is 30.8. The molecule has 3 aromatic carbocycles. The van der Waals surface area contributed by atoms with Crippen LogP contribution in [0.4, 0.5) is 17.1 Å². The quantitative estimate of drug-likeness (QED) is 0.231. The van der Waals surface area contributed by atoms with Gasteiger partial charge in [0.25, 0.3) is 0 Å². The van der Waals surface area contributed by atoms with Gasteiger partial charge in [0, 0.05) is 17.1 Å². The highest BCUT2D eigenvalue weighted by Gasteiger charge is 2.15. The van der Waals surface area contributed by atoms with Gasteiger partial charge in [0.2, 0.25) is 0 Å². The molecular formula is C31H41N. The summed E-state index contributed by atoms with van der Waals surface area (Å²) in [6.45, 7) is 4.60. The van der Waals surface area contributed by atoms with E-state index in [2.05, 4.69) is 104 Å². The second-order valence-electron chi connectivity index (χ2n) is 8.99. The van der Waals surface area contributed by atoms with Crippen molar-refractivity contribution < 1.29 is 0 Å². The molecule has 0 radical (unpaired) electrons. The van der Waals surface area contributed by atoms with Crippen LogP contribution in [0.3, 0.4) is 0 Å². The molecule has 1 heteroatoms. The average molecular weight is 428 g/mol. The molecule has 0 aromatic heterocycles. The Morgan fingerprint density at radius 2 is 0.938 bits per heavy atom. The maximum absolute atomic E-state index is 2.39. The van der Waals surface area contributed by atoms with Gasteiger partial charge in [-0.15, -0.1) is 0 Å². The minimum Gasteiger partial charge on any atom is -0.311 e. The summed E-state index contributed by atoms with van der Waals surface area (Å²) in [5.41, 5.74) is 5.13. The van der Waals surface area contributed by atoms with Gasteiger partial charge in [-0.25, -0.2) is 0 Å². The van der Waals surface area contributed by atoms with Crippen molar-refractivity contribution in [3.8, 4) is 0 Å². The predicted molar refractivity (Wildman–Crippen MR) is 141 cm³/mol. The number of hydrogen-bond donors (Lipinski definition) is 0. The maximum atomic E-state index is 2.39. The standard InChI is InChI=1S/C31H41N/c1-3-5-7-8-12-18-27(17-11-6-4-2)28-23-25-31(26-24-28)32(29-19-13-9-14-20-29)30-21-15-10-16-22-30/h9-10,13-16,19-27H,3-8,11-12,17-18H2,1-2H3. The Kier molecular flexibility index (Phi) is 10.4. The monoisotopic (exact) mass is 427 g/mol. The number of nitrogens with zero attached hydrogens (tertiary/aromatic N) is 1. The minimum absolute atomic E-state index is 0.694. The number of para-hydroxylation sites is 2. The number of benzene rings is 3. The third kappa shape index (κ3) is 7.26. The van der Waals surface area contributed by atoms with Crippen molar-refractivity contribution >= 4 is 17.1 Å². The molecule has 170 valence electrons. The van der Waals surface area contributed by atoms with E-state index in [1.54, 1.807) is 0 Å². The zero-order valence-corrected chi connectivity index (χ0v) is 20.2. The Labute approximate surface area is 196 Å². The first-order valence-corrected chi connectivity index (χ1v) is 12.8. The van der Waals surface area contributed by atoms with Crippen molar-refractivity contribution in [2.45, 2.75) is 84.0 Å². The fraction of sp³-hybridized carbons (Fsp3) is 0.419. The molecule has 0 heterocycles. The summed E-state index contributed by atoms with van der Waals surface area (Å²) in [6.07, 6.45) is 13.5. The van der Waals surface area contributed by atoms with Crippen molar-refractivity contribution in [3.05, 3.63) is 90.5 Å². The molecule has 0 saturated carbocycles. The van der Waals surface area contributed by atoms with Crippen molar-refractivity contribution in [2.75, 3.05) is 4.90 Å². The molecule has 1 unspecified atom stereocenters. The average Bonchev–Trinajstić information content (AvgIpc) is 2.85. The summed E-state index contributed by atoms with van der Waals surface area (Å²) in [5, 5.41) is 0. The fourth-order valence-electron chi connectivity index (χ4n) is 4.61. The molecule has 0 N–H and O–H groups in total. The van der Waals surface area contributed by atoms with Crippen LogP contribution in [-0.4, -0.2) is 0 Å². The largest absolute Gasteiger partial charge is 0.311 e. The van der Waals surface area contributed by atoms with E-state index in [0.717, 1.165) is 0 Å². The Hall–Kier alpha value is -2.54.